The second-order valence-electron chi connectivity index (χ2n) is 6.57. The first-order valence-electron chi connectivity index (χ1n) is 8.41. The molecule has 24 heavy (non-hydrogen) atoms. The number of hydrogen-bond donors (Lipinski definition) is 0. The number of nitrogens with zero attached hydrogens (tertiary/aromatic N) is 3. The van der Waals surface area contributed by atoms with Gasteiger partial charge >= 0.3 is 0 Å². The minimum absolute atomic E-state index is 0.577. The molecule has 0 amide bonds. The van der Waals surface area contributed by atoms with Crippen LogP contribution in [0, 0.1) is 13.8 Å². The summed E-state index contributed by atoms with van der Waals surface area (Å²) in [4.78, 5) is 0. The molecule has 1 aliphatic rings. The highest BCUT2D eigenvalue weighted by Gasteiger charge is 2.30. The first-order valence-corrected chi connectivity index (χ1v) is 9.40. The van der Waals surface area contributed by atoms with E-state index >= 15 is 0 Å². The van der Waals surface area contributed by atoms with E-state index in [-0.39, 0.29) is 0 Å². The molecule has 0 bridgehead atoms. The van der Waals surface area contributed by atoms with E-state index in [2.05, 4.69) is 71.1 Å². The highest BCUT2D eigenvalue weighted by Crippen LogP contribution is 2.41. The van der Waals surface area contributed by atoms with Crippen LogP contribution in [0.5, 0.6) is 0 Å². The van der Waals surface area contributed by atoms with Crippen LogP contribution in [-0.4, -0.2) is 14.8 Å². The van der Waals surface area contributed by atoms with Crippen molar-refractivity contribution in [3.05, 3.63) is 71.0 Å². The summed E-state index contributed by atoms with van der Waals surface area (Å²) in [5.74, 6) is 2.61. The van der Waals surface area contributed by atoms with Gasteiger partial charge in [-0.3, -0.25) is 4.57 Å². The Labute approximate surface area is 147 Å². The molecule has 4 rings (SSSR count). The van der Waals surface area contributed by atoms with E-state index in [4.69, 9.17) is 0 Å². The molecule has 1 aliphatic carbocycles. The molecule has 1 fully saturated rings. The standard InChI is InChI=1S/C20H21N3S/c1-14-10-15(2)12-16(11-14)13-24-20-22-21-19(17-8-9-17)23(20)18-6-4-3-5-7-18/h3-7,10-12,17H,8-9,13H2,1-2H3. The average molecular weight is 335 g/mol. The SMILES string of the molecule is Cc1cc(C)cc(CSc2nnc(C3CC3)n2-c2ccccc2)c1. The highest BCUT2D eigenvalue weighted by molar-refractivity contribution is 7.98. The van der Waals surface area contributed by atoms with Crippen LogP contribution in [0.4, 0.5) is 0 Å². The molecule has 0 radical (unpaired) electrons. The molecular formula is C20H21N3S. The lowest BCUT2D eigenvalue weighted by Gasteiger charge is -2.10. The quantitative estimate of drug-likeness (QED) is 0.611. The third kappa shape index (κ3) is 3.24. The second kappa shape index (κ2) is 6.44. The Kier molecular flexibility index (Phi) is 4.15. The monoisotopic (exact) mass is 335 g/mol. The minimum Gasteiger partial charge on any atom is -0.274 e. The summed E-state index contributed by atoms with van der Waals surface area (Å²) in [6.45, 7) is 4.30. The van der Waals surface area contributed by atoms with Crippen molar-refractivity contribution < 1.29 is 0 Å². The minimum atomic E-state index is 0.577. The normalized spacial score (nSPS) is 14.1. The van der Waals surface area contributed by atoms with Gasteiger partial charge in [0.05, 0.1) is 0 Å². The first-order chi connectivity index (χ1) is 11.7. The summed E-state index contributed by atoms with van der Waals surface area (Å²) in [6.07, 6.45) is 2.46. The Bertz CT molecular complexity index is 830. The second-order valence-corrected chi connectivity index (χ2v) is 7.51. The zero-order valence-electron chi connectivity index (χ0n) is 14.1. The molecule has 2 aromatic carbocycles. The van der Waals surface area contributed by atoms with Gasteiger partial charge in [0.2, 0.25) is 0 Å². The molecule has 0 saturated heterocycles. The third-order valence-corrected chi connectivity index (χ3v) is 5.26. The lowest BCUT2D eigenvalue weighted by Crippen LogP contribution is -2.01. The lowest BCUT2D eigenvalue weighted by atomic mass is 10.1. The van der Waals surface area contributed by atoms with Gasteiger partial charge in [-0.05, 0) is 44.4 Å². The number of rotatable bonds is 5. The van der Waals surface area contributed by atoms with Crippen molar-refractivity contribution in [1.29, 1.82) is 0 Å². The van der Waals surface area contributed by atoms with Gasteiger partial charge in [0.15, 0.2) is 5.16 Å². The van der Waals surface area contributed by atoms with Crippen LogP contribution in [0.2, 0.25) is 0 Å². The molecule has 1 heterocycles. The fourth-order valence-corrected chi connectivity index (χ4v) is 3.99. The molecule has 3 aromatic rings. The summed E-state index contributed by atoms with van der Waals surface area (Å²) < 4.78 is 2.24. The van der Waals surface area contributed by atoms with Gasteiger partial charge in [-0.2, -0.15) is 0 Å². The lowest BCUT2D eigenvalue weighted by molar-refractivity contribution is 0.829. The van der Waals surface area contributed by atoms with Gasteiger partial charge in [-0.25, -0.2) is 0 Å². The molecular weight excluding hydrogens is 314 g/mol. The summed E-state index contributed by atoms with van der Waals surface area (Å²) in [5.41, 5.74) is 5.13. The van der Waals surface area contributed by atoms with E-state index in [0.717, 1.165) is 22.4 Å². The summed E-state index contributed by atoms with van der Waals surface area (Å²) in [5, 5.41) is 9.97. The Balaban J connectivity index is 1.63. The smallest absolute Gasteiger partial charge is 0.196 e. The highest BCUT2D eigenvalue weighted by atomic mass is 32.2. The number of thioether (sulfide) groups is 1. The Hall–Kier alpha value is -2.07. The topological polar surface area (TPSA) is 30.7 Å². The zero-order valence-corrected chi connectivity index (χ0v) is 14.9. The van der Waals surface area contributed by atoms with Crippen LogP contribution in [-0.2, 0) is 5.75 Å². The fourth-order valence-electron chi connectivity index (χ4n) is 3.10. The van der Waals surface area contributed by atoms with E-state index in [0.29, 0.717) is 5.92 Å². The average Bonchev–Trinajstić information content (AvgIpc) is 3.32. The van der Waals surface area contributed by atoms with E-state index in [1.54, 1.807) is 11.8 Å². The number of para-hydroxylation sites is 1. The molecule has 0 unspecified atom stereocenters. The van der Waals surface area contributed by atoms with Crippen molar-refractivity contribution >= 4 is 11.8 Å². The maximum absolute atomic E-state index is 4.49. The maximum atomic E-state index is 4.49. The largest absolute Gasteiger partial charge is 0.274 e. The molecule has 0 N–H and O–H groups in total. The van der Waals surface area contributed by atoms with Gasteiger partial charge < -0.3 is 0 Å². The third-order valence-electron chi connectivity index (χ3n) is 4.26. The van der Waals surface area contributed by atoms with Crippen molar-refractivity contribution in [1.82, 2.24) is 14.8 Å². The fraction of sp³-hybridized carbons (Fsp3) is 0.300. The number of aromatic nitrogens is 3. The van der Waals surface area contributed by atoms with Gasteiger partial charge in [0.25, 0.3) is 0 Å². The molecule has 3 nitrogen and oxygen atoms in total. The number of hydrogen-bond acceptors (Lipinski definition) is 3. The first kappa shape index (κ1) is 15.5. The van der Waals surface area contributed by atoms with Crippen LogP contribution >= 0.6 is 11.8 Å². The number of benzene rings is 2. The van der Waals surface area contributed by atoms with Gasteiger partial charge in [0.1, 0.15) is 5.82 Å². The van der Waals surface area contributed by atoms with Crippen molar-refractivity contribution in [2.75, 3.05) is 0 Å². The Morgan fingerprint density at radius 1 is 1.00 bits per heavy atom. The maximum Gasteiger partial charge on any atom is 0.196 e. The molecule has 1 saturated carbocycles. The summed E-state index contributed by atoms with van der Waals surface area (Å²) >= 11 is 1.77. The van der Waals surface area contributed by atoms with E-state index in [1.165, 1.54) is 29.5 Å². The van der Waals surface area contributed by atoms with E-state index in [1.807, 2.05) is 6.07 Å². The van der Waals surface area contributed by atoms with Crippen molar-refractivity contribution in [3.8, 4) is 5.69 Å². The van der Waals surface area contributed by atoms with E-state index < -0.39 is 0 Å². The molecule has 0 aliphatic heterocycles. The Morgan fingerprint density at radius 2 is 1.71 bits per heavy atom. The van der Waals surface area contributed by atoms with Crippen LogP contribution in [0.3, 0.4) is 0 Å². The zero-order chi connectivity index (χ0) is 16.5. The Morgan fingerprint density at radius 3 is 2.38 bits per heavy atom. The molecule has 0 spiro atoms. The van der Waals surface area contributed by atoms with Crippen molar-refractivity contribution in [2.45, 2.75) is 43.5 Å². The van der Waals surface area contributed by atoms with Crippen molar-refractivity contribution in [2.24, 2.45) is 0 Å². The molecule has 1 aromatic heterocycles. The molecule has 4 heteroatoms. The predicted octanol–water partition coefficient (Wildman–Crippen LogP) is 5.05. The van der Waals surface area contributed by atoms with Crippen LogP contribution in [0.1, 0.15) is 41.3 Å². The van der Waals surface area contributed by atoms with Gasteiger partial charge in [0, 0.05) is 17.4 Å². The summed E-state index contributed by atoms with van der Waals surface area (Å²) in [7, 11) is 0. The van der Waals surface area contributed by atoms with Crippen LogP contribution < -0.4 is 0 Å². The van der Waals surface area contributed by atoms with Gasteiger partial charge in [-0.1, -0.05) is 59.3 Å². The van der Waals surface area contributed by atoms with Crippen molar-refractivity contribution in [3.63, 3.8) is 0 Å². The van der Waals surface area contributed by atoms with Crippen LogP contribution in [0.25, 0.3) is 5.69 Å². The van der Waals surface area contributed by atoms with Gasteiger partial charge in [-0.15, -0.1) is 10.2 Å². The number of aryl methyl sites for hydroxylation is 2. The van der Waals surface area contributed by atoms with E-state index in [9.17, 15) is 0 Å². The van der Waals surface area contributed by atoms with Crippen LogP contribution in [0.15, 0.2) is 53.7 Å². The molecule has 122 valence electrons. The molecule has 0 atom stereocenters. The summed E-state index contributed by atoms with van der Waals surface area (Å²) in [6, 6.07) is 17.2. The predicted molar refractivity (Wildman–Crippen MR) is 98.8 cm³/mol.